The van der Waals surface area contributed by atoms with Crippen LogP contribution in [0.4, 0.5) is 0 Å². The largest absolute Gasteiger partial charge is 0.383 e. The molecule has 1 unspecified atom stereocenters. The first-order valence-corrected chi connectivity index (χ1v) is 7.92. The van der Waals surface area contributed by atoms with E-state index in [1.54, 1.807) is 4.90 Å². The van der Waals surface area contributed by atoms with E-state index in [9.17, 15) is 9.59 Å². The molecule has 0 aromatic heterocycles. The van der Waals surface area contributed by atoms with E-state index < -0.39 is 6.04 Å². The number of ether oxygens (including phenoxy) is 1. The molecule has 1 aliphatic heterocycles. The number of nitrogens with zero attached hydrogens (tertiary/aromatic N) is 1. The van der Waals surface area contributed by atoms with Crippen LogP contribution < -0.4 is 11.1 Å². The average molecular weight is 319 g/mol. The van der Waals surface area contributed by atoms with Gasteiger partial charge in [0.1, 0.15) is 6.04 Å². The first-order chi connectivity index (χ1) is 11.0. The lowest BCUT2D eigenvalue weighted by atomic mass is 10.0. The zero-order valence-corrected chi connectivity index (χ0v) is 13.7. The molecule has 6 heteroatoms. The van der Waals surface area contributed by atoms with Crippen molar-refractivity contribution in [3.8, 4) is 0 Å². The number of carbonyl (C=O) groups is 2. The van der Waals surface area contributed by atoms with Crippen LogP contribution in [0.3, 0.4) is 0 Å². The fourth-order valence-electron chi connectivity index (χ4n) is 2.82. The van der Waals surface area contributed by atoms with Crippen molar-refractivity contribution < 1.29 is 14.3 Å². The molecule has 1 aromatic rings. The molecule has 0 aliphatic carbocycles. The molecule has 2 amide bonds. The zero-order chi connectivity index (χ0) is 16.8. The Kier molecular flexibility index (Phi) is 6.12. The fraction of sp³-hybridized carbons (Fsp3) is 0.529. The highest BCUT2D eigenvalue weighted by Crippen LogP contribution is 2.13. The van der Waals surface area contributed by atoms with E-state index in [2.05, 4.69) is 5.32 Å². The van der Waals surface area contributed by atoms with Gasteiger partial charge in [-0.2, -0.15) is 0 Å². The number of carbonyl (C=O) groups excluding carboxylic acids is 2. The van der Waals surface area contributed by atoms with Gasteiger partial charge in [-0.05, 0) is 31.4 Å². The standard InChI is InChI=1S/C17H25N3O3/c1-12-5-3-4-6-14(12)16(21)19-13-7-9-20(10-8-13)17(22)15(18)11-23-2/h3-6,13,15H,7-11,18H2,1-2H3,(H,19,21). The Morgan fingerprint density at radius 1 is 1.35 bits per heavy atom. The number of hydrogen-bond acceptors (Lipinski definition) is 4. The Balaban J connectivity index is 1.84. The summed E-state index contributed by atoms with van der Waals surface area (Å²) in [7, 11) is 1.53. The monoisotopic (exact) mass is 319 g/mol. The van der Waals surface area contributed by atoms with E-state index in [1.807, 2.05) is 31.2 Å². The number of likely N-dealkylation sites (tertiary alicyclic amines) is 1. The van der Waals surface area contributed by atoms with Crippen molar-refractivity contribution in [2.24, 2.45) is 5.73 Å². The Labute approximate surface area is 137 Å². The number of benzene rings is 1. The molecule has 1 saturated heterocycles. The van der Waals surface area contributed by atoms with Crippen molar-refractivity contribution in [3.63, 3.8) is 0 Å². The summed E-state index contributed by atoms with van der Waals surface area (Å²) < 4.78 is 4.92. The van der Waals surface area contributed by atoms with Crippen LogP contribution in [0.15, 0.2) is 24.3 Å². The van der Waals surface area contributed by atoms with E-state index in [1.165, 1.54) is 7.11 Å². The quantitative estimate of drug-likeness (QED) is 0.836. The molecule has 1 aromatic carbocycles. The van der Waals surface area contributed by atoms with Crippen LogP contribution in [-0.2, 0) is 9.53 Å². The third-order valence-corrected chi connectivity index (χ3v) is 4.19. The van der Waals surface area contributed by atoms with Gasteiger partial charge >= 0.3 is 0 Å². The number of amides is 2. The SMILES string of the molecule is COCC(N)C(=O)N1CCC(NC(=O)c2ccccc2C)CC1. The maximum absolute atomic E-state index is 12.3. The molecule has 2 rings (SSSR count). The summed E-state index contributed by atoms with van der Waals surface area (Å²) >= 11 is 0. The fourth-order valence-corrected chi connectivity index (χ4v) is 2.82. The number of nitrogens with two attached hydrogens (primary N) is 1. The molecule has 23 heavy (non-hydrogen) atoms. The van der Waals surface area contributed by atoms with E-state index >= 15 is 0 Å². The van der Waals surface area contributed by atoms with Crippen molar-refractivity contribution >= 4 is 11.8 Å². The third-order valence-electron chi connectivity index (χ3n) is 4.19. The summed E-state index contributed by atoms with van der Waals surface area (Å²) in [5.74, 6) is -0.139. The second kappa shape index (κ2) is 8.08. The van der Waals surface area contributed by atoms with Crippen LogP contribution >= 0.6 is 0 Å². The van der Waals surface area contributed by atoms with Gasteiger partial charge in [0.15, 0.2) is 0 Å². The molecule has 0 saturated carbocycles. The van der Waals surface area contributed by atoms with Crippen LogP contribution in [0.5, 0.6) is 0 Å². The average Bonchev–Trinajstić information content (AvgIpc) is 2.55. The predicted molar refractivity (Wildman–Crippen MR) is 88.1 cm³/mol. The number of rotatable bonds is 5. The Bertz CT molecular complexity index is 554. The number of nitrogens with one attached hydrogen (secondary N) is 1. The van der Waals surface area contributed by atoms with Gasteiger partial charge in [0.2, 0.25) is 5.91 Å². The number of hydrogen-bond donors (Lipinski definition) is 2. The molecule has 0 spiro atoms. The summed E-state index contributed by atoms with van der Waals surface area (Å²) in [4.78, 5) is 26.2. The van der Waals surface area contributed by atoms with Gasteiger partial charge in [0, 0.05) is 31.8 Å². The molecule has 1 fully saturated rings. The van der Waals surface area contributed by atoms with Crippen LogP contribution in [0, 0.1) is 6.92 Å². The lowest BCUT2D eigenvalue weighted by Crippen LogP contribution is -2.52. The zero-order valence-electron chi connectivity index (χ0n) is 13.7. The van der Waals surface area contributed by atoms with Gasteiger partial charge in [0.05, 0.1) is 6.61 Å². The summed E-state index contributed by atoms with van der Waals surface area (Å²) in [6, 6.07) is 7.00. The van der Waals surface area contributed by atoms with Gasteiger partial charge in [-0.15, -0.1) is 0 Å². The van der Waals surface area contributed by atoms with Gasteiger partial charge < -0.3 is 20.7 Å². The topological polar surface area (TPSA) is 84.7 Å². The number of aryl methyl sites for hydroxylation is 1. The lowest BCUT2D eigenvalue weighted by molar-refractivity contribution is -0.134. The minimum absolute atomic E-state index is 0.0519. The van der Waals surface area contributed by atoms with Gasteiger partial charge in [-0.3, -0.25) is 9.59 Å². The molecule has 6 nitrogen and oxygen atoms in total. The molecule has 0 radical (unpaired) electrons. The molecule has 1 atom stereocenters. The van der Waals surface area contributed by atoms with E-state index in [0.29, 0.717) is 18.7 Å². The molecule has 1 heterocycles. The van der Waals surface area contributed by atoms with E-state index in [4.69, 9.17) is 10.5 Å². The van der Waals surface area contributed by atoms with Crippen LogP contribution in [0.25, 0.3) is 0 Å². The highest BCUT2D eigenvalue weighted by atomic mass is 16.5. The molecule has 0 bridgehead atoms. The Morgan fingerprint density at radius 2 is 2.00 bits per heavy atom. The van der Waals surface area contributed by atoms with Crippen molar-refractivity contribution in [1.82, 2.24) is 10.2 Å². The summed E-state index contributed by atoms with van der Waals surface area (Å²) in [5, 5.41) is 3.06. The van der Waals surface area contributed by atoms with Crippen molar-refractivity contribution in [1.29, 1.82) is 0 Å². The minimum atomic E-state index is -0.613. The summed E-state index contributed by atoms with van der Waals surface area (Å²) in [5.41, 5.74) is 7.44. The van der Waals surface area contributed by atoms with Crippen molar-refractivity contribution in [3.05, 3.63) is 35.4 Å². The summed E-state index contributed by atoms with van der Waals surface area (Å²) in [6.07, 6.45) is 1.48. The summed E-state index contributed by atoms with van der Waals surface area (Å²) in [6.45, 7) is 3.36. The minimum Gasteiger partial charge on any atom is -0.383 e. The van der Waals surface area contributed by atoms with Gasteiger partial charge in [0.25, 0.3) is 5.91 Å². The van der Waals surface area contributed by atoms with E-state index in [-0.39, 0.29) is 24.5 Å². The first-order valence-electron chi connectivity index (χ1n) is 7.92. The first kappa shape index (κ1) is 17.4. The maximum Gasteiger partial charge on any atom is 0.251 e. The van der Waals surface area contributed by atoms with Gasteiger partial charge in [-0.25, -0.2) is 0 Å². The molecule has 126 valence electrons. The maximum atomic E-state index is 12.3. The number of piperidine rings is 1. The Morgan fingerprint density at radius 3 is 2.61 bits per heavy atom. The third kappa shape index (κ3) is 4.53. The highest BCUT2D eigenvalue weighted by molar-refractivity contribution is 5.95. The lowest BCUT2D eigenvalue weighted by Gasteiger charge is -2.33. The second-order valence-electron chi connectivity index (χ2n) is 5.95. The molecular formula is C17H25N3O3. The van der Waals surface area contributed by atoms with Crippen LogP contribution in [0.2, 0.25) is 0 Å². The second-order valence-corrected chi connectivity index (χ2v) is 5.95. The molecular weight excluding hydrogens is 294 g/mol. The van der Waals surface area contributed by atoms with E-state index in [0.717, 1.165) is 18.4 Å². The molecule has 3 N–H and O–H groups in total. The van der Waals surface area contributed by atoms with Crippen LogP contribution in [-0.4, -0.2) is 55.6 Å². The van der Waals surface area contributed by atoms with Gasteiger partial charge in [-0.1, -0.05) is 18.2 Å². The predicted octanol–water partition coefficient (Wildman–Crippen LogP) is 0.690. The van der Waals surface area contributed by atoms with Crippen molar-refractivity contribution in [2.45, 2.75) is 31.8 Å². The molecule has 1 aliphatic rings. The Hall–Kier alpha value is -1.92. The number of methoxy groups -OCH3 is 1. The van der Waals surface area contributed by atoms with Crippen LogP contribution in [0.1, 0.15) is 28.8 Å². The highest BCUT2D eigenvalue weighted by Gasteiger charge is 2.27. The normalized spacial score (nSPS) is 16.9. The smallest absolute Gasteiger partial charge is 0.251 e. The van der Waals surface area contributed by atoms with Crippen molar-refractivity contribution in [2.75, 3.05) is 26.8 Å².